The van der Waals surface area contributed by atoms with Crippen LogP contribution in [0.3, 0.4) is 0 Å². The number of sulfonamides is 1. The Morgan fingerprint density at radius 2 is 1.92 bits per heavy atom. The van der Waals surface area contributed by atoms with Crippen LogP contribution in [0.4, 0.5) is 0 Å². The van der Waals surface area contributed by atoms with Crippen molar-refractivity contribution in [2.75, 3.05) is 6.54 Å². The Balaban J connectivity index is 1.79. The number of hydrogen-bond donors (Lipinski definition) is 1. The summed E-state index contributed by atoms with van der Waals surface area (Å²) < 4.78 is 32.9. The van der Waals surface area contributed by atoms with Gasteiger partial charge in [-0.3, -0.25) is 4.98 Å². The molecule has 1 N–H and O–H groups in total. The van der Waals surface area contributed by atoms with E-state index in [1.165, 1.54) is 0 Å². The van der Waals surface area contributed by atoms with Crippen molar-refractivity contribution >= 4 is 21.6 Å². The number of aromatic nitrogens is 3. The zero-order chi connectivity index (χ0) is 18.6. The topological polar surface area (TPSA) is 98.0 Å². The van der Waals surface area contributed by atoms with E-state index in [-0.39, 0.29) is 23.2 Å². The van der Waals surface area contributed by atoms with Crippen molar-refractivity contribution in [3.05, 3.63) is 60.2 Å². The molecule has 3 rings (SSSR count). The van der Waals surface area contributed by atoms with Gasteiger partial charge in [0.2, 0.25) is 21.8 Å². The highest BCUT2D eigenvalue weighted by molar-refractivity contribution is 7.89. The molecule has 1 atom stereocenters. The average molecular weight is 393 g/mol. The second kappa shape index (κ2) is 7.94. The molecule has 7 nitrogen and oxygen atoms in total. The van der Waals surface area contributed by atoms with Gasteiger partial charge < -0.3 is 4.42 Å². The van der Waals surface area contributed by atoms with E-state index >= 15 is 0 Å². The first kappa shape index (κ1) is 18.5. The van der Waals surface area contributed by atoms with Crippen LogP contribution in [0.5, 0.6) is 0 Å². The van der Waals surface area contributed by atoms with Crippen LogP contribution >= 0.6 is 11.6 Å². The summed E-state index contributed by atoms with van der Waals surface area (Å²) in [6.07, 6.45) is 1.64. The molecule has 26 heavy (non-hydrogen) atoms. The Bertz CT molecular complexity index is 976. The molecule has 3 aromatic rings. The van der Waals surface area contributed by atoms with Gasteiger partial charge in [-0.05, 0) is 24.3 Å². The second-order valence-electron chi connectivity index (χ2n) is 5.64. The van der Waals surface area contributed by atoms with Gasteiger partial charge in [-0.25, -0.2) is 13.1 Å². The summed E-state index contributed by atoms with van der Waals surface area (Å²) in [5.74, 6) is 0.529. The first-order valence-electron chi connectivity index (χ1n) is 7.89. The number of alkyl halides is 1. The number of hydrogen-bond acceptors (Lipinski definition) is 6. The summed E-state index contributed by atoms with van der Waals surface area (Å²) in [5, 5.41) is 7.83. The standard InChI is InChI=1S/C17H17ClN4O3S/c1-12(11-20-26(23,24)13-6-3-2-4-7-13)16-14(8-5-9-19-16)17-22-21-15(10-18)25-17/h2-9,12,20H,10-11H2,1H3. The smallest absolute Gasteiger partial charge is 0.249 e. The van der Waals surface area contributed by atoms with Gasteiger partial charge in [0.25, 0.3) is 0 Å². The molecule has 0 bridgehead atoms. The van der Waals surface area contributed by atoms with Crippen molar-refractivity contribution in [3.8, 4) is 11.5 Å². The van der Waals surface area contributed by atoms with Gasteiger partial charge in [0.1, 0.15) is 5.88 Å². The lowest BCUT2D eigenvalue weighted by Crippen LogP contribution is -2.28. The summed E-state index contributed by atoms with van der Waals surface area (Å²) in [4.78, 5) is 4.59. The lowest BCUT2D eigenvalue weighted by molar-refractivity contribution is 0.525. The van der Waals surface area contributed by atoms with Crippen LogP contribution in [0, 0.1) is 0 Å². The molecular formula is C17H17ClN4O3S. The fourth-order valence-electron chi connectivity index (χ4n) is 2.42. The maximum Gasteiger partial charge on any atom is 0.249 e. The van der Waals surface area contributed by atoms with Gasteiger partial charge >= 0.3 is 0 Å². The SMILES string of the molecule is CC(CNS(=O)(=O)c1ccccc1)c1ncccc1-c1nnc(CCl)o1. The van der Waals surface area contributed by atoms with E-state index in [1.807, 2.05) is 6.92 Å². The molecule has 0 spiro atoms. The minimum Gasteiger partial charge on any atom is -0.419 e. The summed E-state index contributed by atoms with van der Waals surface area (Å²) in [6.45, 7) is 2.05. The van der Waals surface area contributed by atoms with Crippen molar-refractivity contribution in [2.45, 2.75) is 23.6 Å². The van der Waals surface area contributed by atoms with Crippen molar-refractivity contribution in [3.63, 3.8) is 0 Å². The monoisotopic (exact) mass is 392 g/mol. The second-order valence-corrected chi connectivity index (χ2v) is 7.67. The normalized spacial score (nSPS) is 12.8. The molecule has 9 heteroatoms. The molecule has 1 unspecified atom stereocenters. The number of nitrogens with zero attached hydrogens (tertiary/aromatic N) is 3. The molecule has 0 fully saturated rings. The maximum absolute atomic E-state index is 12.4. The molecule has 1 aromatic carbocycles. The Morgan fingerprint density at radius 3 is 2.62 bits per heavy atom. The van der Waals surface area contributed by atoms with E-state index in [2.05, 4.69) is 19.9 Å². The first-order chi connectivity index (χ1) is 12.5. The van der Waals surface area contributed by atoms with Crippen LogP contribution in [-0.2, 0) is 15.9 Å². The van der Waals surface area contributed by atoms with E-state index in [0.717, 1.165) is 0 Å². The number of rotatable bonds is 7. The third kappa shape index (κ3) is 4.09. The summed E-state index contributed by atoms with van der Waals surface area (Å²) in [7, 11) is -3.59. The quantitative estimate of drug-likeness (QED) is 0.621. The van der Waals surface area contributed by atoms with E-state index in [9.17, 15) is 8.42 Å². The van der Waals surface area contributed by atoms with Gasteiger partial charge in [-0.2, -0.15) is 0 Å². The van der Waals surface area contributed by atoms with E-state index < -0.39 is 10.0 Å². The molecule has 0 aliphatic rings. The molecule has 2 aromatic heterocycles. The molecule has 0 aliphatic carbocycles. The zero-order valence-corrected chi connectivity index (χ0v) is 15.5. The Morgan fingerprint density at radius 1 is 1.15 bits per heavy atom. The van der Waals surface area contributed by atoms with Gasteiger partial charge in [-0.15, -0.1) is 21.8 Å². The molecule has 2 heterocycles. The summed E-state index contributed by atoms with van der Waals surface area (Å²) >= 11 is 5.70. The van der Waals surface area contributed by atoms with Gasteiger partial charge in [0.05, 0.1) is 16.2 Å². The fourth-order valence-corrected chi connectivity index (χ4v) is 3.68. The molecular weight excluding hydrogens is 376 g/mol. The zero-order valence-electron chi connectivity index (χ0n) is 14.0. The van der Waals surface area contributed by atoms with Crippen LogP contribution < -0.4 is 4.72 Å². The van der Waals surface area contributed by atoms with Crippen molar-refractivity contribution in [1.29, 1.82) is 0 Å². The minimum absolute atomic E-state index is 0.120. The van der Waals surface area contributed by atoms with E-state index in [4.69, 9.17) is 16.0 Å². The van der Waals surface area contributed by atoms with E-state index in [1.54, 1.807) is 48.7 Å². The third-order valence-corrected chi connectivity index (χ3v) is 5.42. The third-order valence-electron chi connectivity index (χ3n) is 3.75. The Kier molecular flexibility index (Phi) is 5.65. The first-order valence-corrected chi connectivity index (χ1v) is 9.91. The average Bonchev–Trinajstić information content (AvgIpc) is 3.16. The fraction of sp³-hybridized carbons (Fsp3) is 0.235. The highest BCUT2D eigenvalue weighted by Crippen LogP contribution is 2.26. The van der Waals surface area contributed by atoms with E-state index in [0.29, 0.717) is 23.0 Å². The largest absolute Gasteiger partial charge is 0.419 e. The number of halogens is 1. The van der Waals surface area contributed by atoms with Crippen molar-refractivity contribution in [2.24, 2.45) is 0 Å². The predicted molar refractivity (Wildman–Crippen MR) is 97.1 cm³/mol. The summed E-state index contributed by atoms with van der Waals surface area (Å²) in [5.41, 5.74) is 1.32. The molecule has 0 saturated carbocycles. The number of nitrogens with one attached hydrogen (secondary N) is 1. The molecule has 0 radical (unpaired) electrons. The van der Waals surface area contributed by atoms with Crippen molar-refractivity contribution < 1.29 is 12.8 Å². The molecule has 0 saturated heterocycles. The summed E-state index contributed by atoms with van der Waals surface area (Å²) in [6, 6.07) is 11.8. The van der Waals surface area contributed by atoms with Crippen LogP contribution in [0.25, 0.3) is 11.5 Å². The number of benzene rings is 1. The van der Waals surface area contributed by atoms with Crippen LogP contribution in [0.2, 0.25) is 0 Å². The lowest BCUT2D eigenvalue weighted by Gasteiger charge is -2.14. The molecule has 0 aliphatic heterocycles. The van der Waals surface area contributed by atoms with Gasteiger partial charge in [0.15, 0.2) is 0 Å². The lowest BCUT2D eigenvalue weighted by atomic mass is 10.0. The van der Waals surface area contributed by atoms with Crippen LogP contribution in [0.1, 0.15) is 24.4 Å². The Hall–Kier alpha value is -2.29. The van der Waals surface area contributed by atoms with Gasteiger partial charge in [0, 0.05) is 18.7 Å². The van der Waals surface area contributed by atoms with Crippen molar-refractivity contribution in [1.82, 2.24) is 19.9 Å². The minimum atomic E-state index is -3.59. The number of pyridine rings is 1. The van der Waals surface area contributed by atoms with Crippen LogP contribution in [-0.4, -0.2) is 30.1 Å². The van der Waals surface area contributed by atoms with Gasteiger partial charge in [-0.1, -0.05) is 25.1 Å². The molecule has 136 valence electrons. The predicted octanol–water partition coefficient (Wildman–Crippen LogP) is 2.95. The maximum atomic E-state index is 12.4. The highest BCUT2D eigenvalue weighted by Gasteiger charge is 2.20. The Labute approximate surface area is 156 Å². The molecule has 0 amide bonds. The van der Waals surface area contributed by atoms with Crippen LogP contribution in [0.15, 0.2) is 58.0 Å². The highest BCUT2D eigenvalue weighted by atomic mass is 35.5.